The van der Waals surface area contributed by atoms with E-state index in [1.165, 1.54) is 18.6 Å². The maximum atomic E-state index is 11.6. The number of rotatable bonds is 2. The van der Waals surface area contributed by atoms with E-state index in [4.69, 9.17) is 0 Å². The van der Waals surface area contributed by atoms with Crippen LogP contribution in [0, 0.1) is 0 Å². The third-order valence-electron chi connectivity index (χ3n) is 1.61. The van der Waals surface area contributed by atoms with Crippen molar-refractivity contribution in [2.24, 2.45) is 0 Å². The number of aromatic amines is 1. The zero-order chi connectivity index (χ0) is 10.7. The first-order valence-electron chi connectivity index (χ1n) is 4.03. The summed E-state index contributed by atoms with van der Waals surface area (Å²) in [6.45, 7) is 0. The van der Waals surface area contributed by atoms with Crippen LogP contribution in [0.5, 0.6) is 0 Å². The van der Waals surface area contributed by atoms with Gasteiger partial charge in [0.15, 0.2) is 0 Å². The second-order valence-electron chi connectivity index (χ2n) is 2.67. The van der Waals surface area contributed by atoms with E-state index in [2.05, 4.69) is 41.4 Å². The van der Waals surface area contributed by atoms with Crippen LogP contribution in [-0.2, 0) is 0 Å². The van der Waals surface area contributed by atoms with E-state index in [0.717, 1.165) is 0 Å². The van der Waals surface area contributed by atoms with Gasteiger partial charge in [0.05, 0.1) is 24.3 Å². The van der Waals surface area contributed by atoms with Gasteiger partial charge in [-0.15, -0.1) is 0 Å². The molecule has 1 amide bonds. The normalized spacial score (nSPS) is 9.93. The molecular formula is C8H6BrN5O. The molecule has 0 bridgehead atoms. The maximum absolute atomic E-state index is 11.6. The fourth-order valence-electron chi connectivity index (χ4n) is 0.944. The average Bonchev–Trinajstić information content (AvgIpc) is 2.71. The first-order chi connectivity index (χ1) is 7.25. The minimum absolute atomic E-state index is 0.249. The van der Waals surface area contributed by atoms with Gasteiger partial charge in [-0.3, -0.25) is 9.89 Å². The Kier molecular flexibility index (Phi) is 2.72. The molecule has 0 atom stereocenters. The highest BCUT2D eigenvalue weighted by molar-refractivity contribution is 9.10. The molecule has 7 heteroatoms. The summed E-state index contributed by atoms with van der Waals surface area (Å²) in [5.74, 6) is -0.323. The third kappa shape index (κ3) is 2.38. The number of nitrogens with one attached hydrogen (secondary N) is 2. The summed E-state index contributed by atoms with van der Waals surface area (Å²) in [6, 6.07) is 0. The van der Waals surface area contributed by atoms with Gasteiger partial charge in [-0.2, -0.15) is 5.10 Å². The van der Waals surface area contributed by atoms with Crippen LogP contribution in [0.1, 0.15) is 10.5 Å². The number of amides is 1. The van der Waals surface area contributed by atoms with Crippen molar-refractivity contribution in [1.29, 1.82) is 0 Å². The Labute approximate surface area is 93.3 Å². The quantitative estimate of drug-likeness (QED) is 0.857. The summed E-state index contributed by atoms with van der Waals surface area (Å²) < 4.78 is 0.586. The molecule has 76 valence electrons. The standard InChI is InChI=1S/C8H6BrN5O/c9-7-4-10-6(3-11-7)8(15)14-5-1-12-13-2-5/h1-4H,(H,12,13)(H,14,15). The Hall–Kier alpha value is -1.76. The van der Waals surface area contributed by atoms with Crippen molar-refractivity contribution in [3.05, 3.63) is 35.1 Å². The van der Waals surface area contributed by atoms with Crippen molar-refractivity contribution in [3.63, 3.8) is 0 Å². The lowest BCUT2D eigenvalue weighted by Gasteiger charge is -2.00. The second-order valence-corrected chi connectivity index (χ2v) is 3.48. The first-order valence-corrected chi connectivity index (χ1v) is 4.82. The molecule has 0 fully saturated rings. The molecule has 2 aromatic heterocycles. The highest BCUT2D eigenvalue weighted by Gasteiger charge is 2.08. The van der Waals surface area contributed by atoms with E-state index in [-0.39, 0.29) is 11.6 Å². The molecule has 15 heavy (non-hydrogen) atoms. The Morgan fingerprint density at radius 2 is 2.20 bits per heavy atom. The lowest BCUT2D eigenvalue weighted by molar-refractivity contribution is 0.102. The van der Waals surface area contributed by atoms with Crippen molar-refractivity contribution in [2.45, 2.75) is 0 Å². The summed E-state index contributed by atoms with van der Waals surface area (Å²) in [4.78, 5) is 19.4. The number of hydrogen-bond acceptors (Lipinski definition) is 4. The molecular weight excluding hydrogens is 262 g/mol. The van der Waals surface area contributed by atoms with Crippen molar-refractivity contribution in [1.82, 2.24) is 20.2 Å². The minimum Gasteiger partial charge on any atom is -0.318 e. The molecule has 0 unspecified atom stereocenters. The van der Waals surface area contributed by atoms with Gasteiger partial charge in [0.1, 0.15) is 10.3 Å². The van der Waals surface area contributed by atoms with Crippen molar-refractivity contribution < 1.29 is 4.79 Å². The molecule has 0 aliphatic rings. The van der Waals surface area contributed by atoms with Gasteiger partial charge in [0, 0.05) is 6.20 Å². The van der Waals surface area contributed by atoms with E-state index < -0.39 is 0 Å². The molecule has 2 rings (SSSR count). The third-order valence-corrected chi connectivity index (χ3v) is 2.02. The van der Waals surface area contributed by atoms with Crippen LogP contribution >= 0.6 is 15.9 Å². The highest BCUT2D eigenvalue weighted by Crippen LogP contribution is 2.06. The molecule has 2 heterocycles. The fraction of sp³-hybridized carbons (Fsp3) is 0. The smallest absolute Gasteiger partial charge is 0.275 e. The molecule has 0 saturated carbocycles. The molecule has 0 radical (unpaired) electrons. The van der Waals surface area contributed by atoms with Crippen LogP contribution in [0.2, 0.25) is 0 Å². The highest BCUT2D eigenvalue weighted by atomic mass is 79.9. The van der Waals surface area contributed by atoms with Crippen LogP contribution in [0.15, 0.2) is 29.4 Å². The lowest BCUT2D eigenvalue weighted by atomic mass is 10.4. The van der Waals surface area contributed by atoms with Gasteiger partial charge in [-0.25, -0.2) is 9.97 Å². The number of carbonyl (C=O) groups excluding carboxylic acids is 1. The molecule has 0 aliphatic carbocycles. The largest absolute Gasteiger partial charge is 0.318 e. The molecule has 6 nitrogen and oxygen atoms in total. The van der Waals surface area contributed by atoms with Crippen molar-refractivity contribution in [2.75, 3.05) is 5.32 Å². The minimum atomic E-state index is -0.323. The number of anilines is 1. The van der Waals surface area contributed by atoms with Crippen LogP contribution < -0.4 is 5.32 Å². The van der Waals surface area contributed by atoms with E-state index in [1.54, 1.807) is 6.20 Å². The van der Waals surface area contributed by atoms with Gasteiger partial charge in [-0.05, 0) is 15.9 Å². The Bertz CT molecular complexity index is 452. The second kappa shape index (κ2) is 4.18. The van der Waals surface area contributed by atoms with Crippen LogP contribution in [-0.4, -0.2) is 26.1 Å². The van der Waals surface area contributed by atoms with Gasteiger partial charge < -0.3 is 5.32 Å². The van der Waals surface area contributed by atoms with E-state index in [0.29, 0.717) is 10.3 Å². The molecule has 0 saturated heterocycles. The Morgan fingerprint density at radius 1 is 1.33 bits per heavy atom. The summed E-state index contributed by atoms with van der Waals surface area (Å²) in [5.41, 5.74) is 0.837. The number of hydrogen-bond donors (Lipinski definition) is 2. The van der Waals surface area contributed by atoms with Crippen LogP contribution in [0.4, 0.5) is 5.69 Å². The van der Waals surface area contributed by atoms with Gasteiger partial charge in [0.25, 0.3) is 5.91 Å². The zero-order valence-corrected chi connectivity index (χ0v) is 9.02. The first kappa shape index (κ1) is 9.78. The fourth-order valence-corrected chi connectivity index (χ4v) is 1.15. The SMILES string of the molecule is O=C(Nc1cn[nH]c1)c1cnc(Br)cn1. The maximum Gasteiger partial charge on any atom is 0.275 e. The number of carbonyl (C=O) groups is 1. The molecule has 2 N–H and O–H groups in total. The van der Waals surface area contributed by atoms with Crippen LogP contribution in [0.3, 0.4) is 0 Å². The lowest BCUT2D eigenvalue weighted by Crippen LogP contribution is -2.13. The van der Waals surface area contributed by atoms with E-state index >= 15 is 0 Å². The summed E-state index contributed by atoms with van der Waals surface area (Å²) >= 11 is 3.13. The monoisotopic (exact) mass is 267 g/mol. The number of aromatic nitrogens is 4. The zero-order valence-electron chi connectivity index (χ0n) is 7.44. The van der Waals surface area contributed by atoms with Crippen molar-refractivity contribution >= 4 is 27.5 Å². The topological polar surface area (TPSA) is 83.6 Å². The number of halogens is 1. The molecule has 0 aromatic carbocycles. The van der Waals surface area contributed by atoms with E-state index in [9.17, 15) is 4.79 Å². The van der Waals surface area contributed by atoms with Crippen LogP contribution in [0.25, 0.3) is 0 Å². The van der Waals surface area contributed by atoms with E-state index in [1.807, 2.05) is 0 Å². The summed E-state index contributed by atoms with van der Waals surface area (Å²) in [5, 5.41) is 8.89. The Balaban J connectivity index is 2.11. The molecule has 2 aromatic rings. The van der Waals surface area contributed by atoms with Gasteiger partial charge in [-0.1, -0.05) is 0 Å². The molecule has 0 aliphatic heterocycles. The number of H-pyrrole nitrogens is 1. The number of nitrogens with zero attached hydrogens (tertiary/aromatic N) is 3. The Morgan fingerprint density at radius 3 is 2.80 bits per heavy atom. The summed E-state index contributed by atoms with van der Waals surface area (Å²) in [7, 11) is 0. The van der Waals surface area contributed by atoms with Gasteiger partial charge in [0.2, 0.25) is 0 Å². The predicted molar refractivity (Wildman–Crippen MR) is 56.3 cm³/mol. The van der Waals surface area contributed by atoms with Gasteiger partial charge >= 0.3 is 0 Å². The molecule has 0 spiro atoms. The summed E-state index contributed by atoms with van der Waals surface area (Å²) in [6.07, 6.45) is 5.93. The predicted octanol–water partition coefficient (Wildman–Crippen LogP) is 1.21. The van der Waals surface area contributed by atoms with Crippen molar-refractivity contribution in [3.8, 4) is 0 Å². The average molecular weight is 268 g/mol.